The van der Waals surface area contributed by atoms with E-state index in [0.29, 0.717) is 19.6 Å². The number of fused-ring (bicyclic) bond motifs is 1. The molecular formula is C19H20F2N4O3. The highest BCUT2D eigenvalue weighted by molar-refractivity contribution is 5.99. The zero-order valence-corrected chi connectivity index (χ0v) is 15.1. The Hall–Kier alpha value is -2.68. The third kappa shape index (κ3) is 2.42. The van der Waals surface area contributed by atoms with Crippen LogP contribution in [0, 0.1) is 11.6 Å². The van der Waals surface area contributed by atoms with Crippen LogP contribution in [0.15, 0.2) is 11.0 Å². The zero-order chi connectivity index (χ0) is 19.8. The Labute approximate surface area is 158 Å². The fraction of sp³-hybridized carbons (Fsp3) is 0.474. The number of rotatable bonds is 3. The number of carboxylic acids is 1. The predicted molar refractivity (Wildman–Crippen MR) is 99.9 cm³/mol. The summed E-state index contributed by atoms with van der Waals surface area (Å²) < 4.78 is 32.3. The molecule has 2 heterocycles. The van der Waals surface area contributed by atoms with E-state index in [1.807, 2.05) is 0 Å². The van der Waals surface area contributed by atoms with Crippen molar-refractivity contribution in [2.75, 3.05) is 30.3 Å². The van der Waals surface area contributed by atoms with Crippen LogP contribution in [0.1, 0.15) is 42.1 Å². The van der Waals surface area contributed by atoms with E-state index in [1.54, 1.807) is 4.90 Å². The van der Waals surface area contributed by atoms with Crippen LogP contribution in [0.4, 0.5) is 20.2 Å². The van der Waals surface area contributed by atoms with Crippen LogP contribution in [-0.2, 0) is 0 Å². The zero-order valence-electron chi connectivity index (χ0n) is 15.1. The van der Waals surface area contributed by atoms with E-state index in [-0.39, 0.29) is 28.2 Å². The second kappa shape index (κ2) is 5.66. The van der Waals surface area contributed by atoms with E-state index in [9.17, 15) is 14.7 Å². The minimum absolute atomic E-state index is 0.102. The van der Waals surface area contributed by atoms with Gasteiger partial charge >= 0.3 is 5.97 Å². The van der Waals surface area contributed by atoms with Gasteiger partial charge in [-0.25, -0.2) is 13.6 Å². The molecule has 1 aliphatic heterocycles. The van der Waals surface area contributed by atoms with E-state index in [0.717, 1.165) is 31.9 Å². The largest absolute Gasteiger partial charge is 0.477 e. The number of hydrogen-bond acceptors (Lipinski definition) is 5. The van der Waals surface area contributed by atoms with Gasteiger partial charge in [0.05, 0.1) is 16.6 Å². The number of nitrogens with zero attached hydrogens (tertiary/aromatic N) is 2. The Kier molecular flexibility index (Phi) is 3.52. The number of nitrogen functional groups attached to an aromatic ring is 1. The fourth-order valence-electron chi connectivity index (χ4n) is 4.26. The summed E-state index contributed by atoms with van der Waals surface area (Å²) >= 11 is 0. The molecule has 2 saturated carbocycles. The first kappa shape index (κ1) is 17.4. The highest BCUT2D eigenvalue weighted by atomic mass is 19.1. The number of nitrogens with two attached hydrogens (primary N) is 1. The summed E-state index contributed by atoms with van der Waals surface area (Å²) in [6.07, 6.45) is 4.53. The number of benzene rings is 1. The Balaban J connectivity index is 1.80. The smallest absolute Gasteiger partial charge is 0.341 e. The quantitative estimate of drug-likeness (QED) is 0.692. The van der Waals surface area contributed by atoms with Crippen molar-refractivity contribution in [2.24, 2.45) is 0 Å². The molecule has 0 unspecified atom stereocenters. The molecule has 3 fully saturated rings. The molecule has 2 aromatic rings. The summed E-state index contributed by atoms with van der Waals surface area (Å²) in [4.78, 5) is 25.8. The lowest BCUT2D eigenvalue weighted by Crippen LogP contribution is -2.53. The molecule has 5 rings (SSSR count). The molecule has 4 N–H and O–H groups in total. The van der Waals surface area contributed by atoms with Crippen LogP contribution in [0.3, 0.4) is 0 Å². The van der Waals surface area contributed by atoms with Crippen LogP contribution in [-0.4, -0.2) is 40.8 Å². The van der Waals surface area contributed by atoms with Gasteiger partial charge in [-0.3, -0.25) is 4.79 Å². The average Bonchev–Trinajstić information content (AvgIpc) is 3.57. The van der Waals surface area contributed by atoms with Gasteiger partial charge in [-0.05, 0) is 25.7 Å². The topological polar surface area (TPSA) is 101 Å². The number of pyridine rings is 1. The first-order valence-electron chi connectivity index (χ1n) is 9.41. The van der Waals surface area contributed by atoms with E-state index < -0.39 is 34.3 Å². The molecule has 28 heavy (non-hydrogen) atoms. The number of nitrogens with one attached hydrogen (secondary N) is 1. The van der Waals surface area contributed by atoms with Gasteiger partial charge < -0.3 is 25.6 Å². The molecule has 2 aliphatic carbocycles. The van der Waals surface area contributed by atoms with Crippen molar-refractivity contribution >= 4 is 28.2 Å². The van der Waals surface area contributed by atoms with Crippen molar-refractivity contribution in [3.05, 3.63) is 33.6 Å². The van der Waals surface area contributed by atoms with Gasteiger partial charge in [0.15, 0.2) is 11.6 Å². The summed E-state index contributed by atoms with van der Waals surface area (Å²) in [6.45, 7) is 1.48. The van der Waals surface area contributed by atoms with Gasteiger partial charge in [-0.2, -0.15) is 0 Å². The molecule has 0 radical (unpaired) electrons. The number of hydrogen-bond donors (Lipinski definition) is 3. The van der Waals surface area contributed by atoms with Gasteiger partial charge in [0.1, 0.15) is 11.3 Å². The lowest BCUT2D eigenvalue weighted by molar-refractivity contribution is 0.0695. The molecule has 1 aromatic carbocycles. The molecule has 3 aliphatic rings. The molecule has 7 nitrogen and oxygen atoms in total. The second-order valence-corrected chi connectivity index (χ2v) is 8.06. The summed E-state index contributed by atoms with van der Waals surface area (Å²) in [7, 11) is 0. The summed E-state index contributed by atoms with van der Waals surface area (Å²) in [6, 6.07) is -0.119. The van der Waals surface area contributed by atoms with Crippen molar-refractivity contribution in [3.63, 3.8) is 0 Å². The molecule has 0 atom stereocenters. The van der Waals surface area contributed by atoms with Crippen molar-refractivity contribution in [1.29, 1.82) is 0 Å². The normalized spacial score (nSPS) is 20.7. The monoisotopic (exact) mass is 390 g/mol. The van der Waals surface area contributed by atoms with Crippen molar-refractivity contribution in [1.82, 2.24) is 9.88 Å². The van der Waals surface area contributed by atoms with Crippen LogP contribution in [0.2, 0.25) is 0 Å². The summed E-state index contributed by atoms with van der Waals surface area (Å²) in [5.41, 5.74) is 3.53. The van der Waals surface area contributed by atoms with Gasteiger partial charge in [0.25, 0.3) is 0 Å². The van der Waals surface area contributed by atoms with Gasteiger partial charge in [0, 0.05) is 37.4 Å². The minimum atomic E-state index is -1.44. The molecule has 1 spiro atoms. The Morgan fingerprint density at radius 3 is 2.61 bits per heavy atom. The number of carbonyl (C=O) groups is 1. The number of anilines is 2. The Bertz CT molecular complexity index is 1090. The van der Waals surface area contributed by atoms with Crippen LogP contribution in [0.25, 0.3) is 10.9 Å². The number of aromatic nitrogens is 1. The predicted octanol–water partition coefficient (Wildman–Crippen LogP) is 1.84. The molecular weight excluding hydrogens is 370 g/mol. The van der Waals surface area contributed by atoms with E-state index in [2.05, 4.69) is 5.32 Å². The first-order chi connectivity index (χ1) is 13.3. The molecule has 1 aromatic heterocycles. The van der Waals surface area contributed by atoms with Crippen LogP contribution < -0.4 is 21.4 Å². The maximum atomic E-state index is 15.7. The third-order valence-corrected chi connectivity index (χ3v) is 6.08. The lowest BCUT2D eigenvalue weighted by Gasteiger charge is -2.36. The Morgan fingerprint density at radius 2 is 2.00 bits per heavy atom. The number of halogens is 2. The maximum absolute atomic E-state index is 15.7. The van der Waals surface area contributed by atoms with Gasteiger partial charge in [0.2, 0.25) is 5.43 Å². The van der Waals surface area contributed by atoms with Gasteiger partial charge in [-0.1, -0.05) is 0 Å². The summed E-state index contributed by atoms with van der Waals surface area (Å²) in [5, 5.41) is 12.4. The number of piperazine rings is 1. The molecule has 148 valence electrons. The van der Waals surface area contributed by atoms with Crippen LogP contribution >= 0.6 is 0 Å². The number of carboxylic acid groups (broad SMARTS) is 1. The fourth-order valence-corrected chi connectivity index (χ4v) is 4.26. The second-order valence-electron chi connectivity index (χ2n) is 8.06. The SMILES string of the molecule is Nc1c(F)c(N2CCNC3(CC3)C2)c(F)c2c1c(=O)c(C(=O)O)cn2C1CC1. The first-order valence-corrected chi connectivity index (χ1v) is 9.41. The van der Waals surface area contributed by atoms with Gasteiger partial charge in [-0.15, -0.1) is 0 Å². The highest BCUT2D eigenvalue weighted by Gasteiger charge is 2.46. The van der Waals surface area contributed by atoms with Crippen LogP contribution in [0.5, 0.6) is 0 Å². The van der Waals surface area contributed by atoms with Crippen molar-refractivity contribution < 1.29 is 18.7 Å². The molecule has 0 amide bonds. The van der Waals surface area contributed by atoms with E-state index in [4.69, 9.17) is 5.73 Å². The third-order valence-electron chi connectivity index (χ3n) is 6.08. The summed E-state index contributed by atoms with van der Waals surface area (Å²) in [5.74, 6) is -3.28. The number of aromatic carboxylic acids is 1. The molecule has 1 saturated heterocycles. The highest BCUT2D eigenvalue weighted by Crippen LogP contribution is 2.44. The van der Waals surface area contributed by atoms with Crippen molar-refractivity contribution in [2.45, 2.75) is 37.3 Å². The van der Waals surface area contributed by atoms with E-state index >= 15 is 8.78 Å². The maximum Gasteiger partial charge on any atom is 0.341 e. The van der Waals surface area contributed by atoms with Crippen molar-refractivity contribution in [3.8, 4) is 0 Å². The van der Waals surface area contributed by atoms with E-state index in [1.165, 1.54) is 4.57 Å². The minimum Gasteiger partial charge on any atom is -0.477 e. The molecule has 0 bridgehead atoms. The molecule has 9 heteroatoms. The average molecular weight is 390 g/mol. The Morgan fingerprint density at radius 1 is 1.29 bits per heavy atom. The standard InChI is InChI=1S/C19H20F2N4O3/c20-12-14(22)11-15(25(9-1-2-9)7-10(17(11)26)18(27)28)13(21)16(12)24-6-5-23-19(8-24)3-4-19/h7,9,23H,1-6,8,22H2,(H,27,28). The lowest BCUT2D eigenvalue weighted by atomic mass is 10.0.